The Morgan fingerprint density at radius 1 is 1.19 bits per heavy atom. The molecule has 0 radical (unpaired) electrons. The fraction of sp³-hybridized carbons (Fsp3) is 0.444. The first-order valence-electron chi connectivity index (χ1n) is 11.7. The molecule has 2 heterocycles. The van der Waals surface area contributed by atoms with Gasteiger partial charge in [-0.3, -0.25) is 14.9 Å². The van der Waals surface area contributed by atoms with Crippen LogP contribution >= 0.6 is 23.2 Å². The van der Waals surface area contributed by atoms with Gasteiger partial charge in [0.2, 0.25) is 5.91 Å². The third-order valence-electron chi connectivity index (χ3n) is 6.80. The number of halogens is 3. The molecule has 4 rings (SSSR count). The Kier molecular flexibility index (Phi) is 6.62. The predicted octanol–water partition coefficient (Wildman–Crippen LogP) is 5.73. The van der Waals surface area contributed by atoms with Crippen molar-refractivity contribution in [1.29, 1.82) is 5.26 Å². The summed E-state index contributed by atoms with van der Waals surface area (Å²) in [6, 6.07) is 10.0. The summed E-state index contributed by atoms with van der Waals surface area (Å²) in [4.78, 5) is 27.6. The van der Waals surface area contributed by atoms with Crippen molar-refractivity contribution in [1.82, 2.24) is 5.32 Å². The Morgan fingerprint density at radius 3 is 2.53 bits per heavy atom. The molecular weight excluding hydrogens is 504 g/mol. The number of nitrogens with one attached hydrogen (secondary N) is 2. The Bertz CT molecular complexity index is 1280. The van der Waals surface area contributed by atoms with Gasteiger partial charge < -0.3 is 10.1 Å². The minimum absolute atomic E-state index is 0.112. The fourth-order valence-corrected chi connectivity index (χ4v) is 5.79. The number of rotatable bonds is 4. The number of nitriles is 1. The van der Waals surface area contributed by atoms with Crippen LogP contribution in [0.5, 0.6) is 0 Å². The molecule has 1 amide bonds. The van der Waals surface area contributed by atoms with Crippen molar-refractivity contribution in [3.8, 4) is 6.07 Å². The molecule has 1 saturated heterocycles. The van der Waals surface area contributed by atoms with Crippen LogP contribution in [0.25, 0.3) is 0 Å². The Balaban J connectivity index is 2.02. The number of anilines is 1. The zero-order valence-corrected chi connectivity index (χ0v) is 22.2. The molecule has 0 bridgehead atoms. The Morgan fingerprint density at radius 2 is 1.89 bits per heavy atom. The number of amides is 1. The van der Waals surface area contributed by atoms with Crippen LogP contribution in [0.15, 0.2) is 36.4 Å². The zero-order valence-electron chi connectivity index (χ0n) is 20.7. The molecular formula is C27H28Cl2FN3O3. The summed E-state index contributed by atoms with van der Waals surface area (Å²) in [7, 11) is 0. The molecule has 0 aliphatic carbocycles. The number of hydrogen-bond donors (Lipinski definition) is 2. The molecule has 2 aliphatic rings. The molecule has 2 aromatic rings. The van der Waals surface area contributed by atoms with Crippen LogP contribution in [0, 0.1) is 22.6 Å². The van der Waals surface area contributed by atoms with Gasteiger partial charge in [-0.15, -0.1) is 0 Å². The van der Waals surface area contributed by atoms with Crippen LogP contribution in [0.1, 0.15) is 58.1 Å². The topological polar surface area (TPSA) is 91.2 Å². The average Bonchev–Trinajstić information content (AvgIpc) is 3.24. The number of benzene rings is 2. The van der Waals surface area contributed by atoms with Crippen LogP contribution in [0.4, 0.5) is 10.1 Å². The molecule has 2 N–H and O–H groups in total. The summed E-state index contributed by atoms with van der Waals surface area (Å²) in [5.41, 5.74) is -1.97. The van der Waals surface area contributed by atoms with Gasteiger partial charge in [-0.2, -0.15) is 5.26 Å². The number of ether oxygens (including phenoxy) is 1. The summed E-state index contributed by atoms with van der Waals surface area (Å²) in [5.74, 6) is -2.78. The van der Waals surface area contributed by atoms with E-state index in [1.165, 1.54) is 12.1 Å². The van der Waals surface area contributed by atoms with Crippen LogP contribution in [-0.2, 0) is 19.7 Å². The maximum absolute atomic E-state index is 15.6. The molecule has 190 valence electrons. The number of nitrogens with zero attached hydrogens (tertiary/aromatic N) is 1. The van der Waals surface area contributed by atoms with Gasteiger partial charge in [-0.25, -0.2) is 4.39 Å². The standard InChI is InChI=1S/C27H28Cl2FN3O3/c1-25(2,3)36-23(34)22-20(15-7-6-8-17(29)21(15)30)27(19(33-22)12-26(4,5)13-31)16-10-9-14(28)11-18(16)32-24(27)35/h6-11,19-20,22,33H,12H2,1-5H3,(H,32,35)/t19-,20-,22+,27+/m0/s1. The van der Waals surface area contributed by atoms with E-state index in [0.717, 1.165) is 0 Å². The second kappa shape index (κ2) is 9.02. The number of carbonyl (C=O) groups excluding carboxylic acids is 2. The molecule has 1 fully saturated rings. The maximum atomic E-state index is 15.6. The van der Waals surface area contributed by atoms with E-state index in [1.807, 2.05) is 0 Å². The predicted molar refractivity (Wildman–Crippen MR) is 136 cm³/mol. The van der Waals surface area contributed by atoms with Gasteiger partial charge in [0.1, 0.15) is 22.9 Å². The quantitative estimate of drug-likeness (QED) is 0.491. The van der Waals surface area contributed by atoms with E-state index in [9.17, 15) is 14.9 Å². The lowest BCUT2D eigenvalue weighted by Gasteiger charge is -2.37. The molecule has 6 nitrogen and oxygen atoms in total. The molecule has 0 saturated carbocycles. The summed E-state index contributed by atoms with van der Waals surface area (Å²) < 4.78 is 21.4. The van der Waals surface area contributed by atoms with E-state index in [1.54, 1.807) is 58.9 Å². The highest BCUT2D eigenvalue weighted by Gasteiger charge is 2.67. The molecule has 2 aliphatic heterocycles. The lowest BCUT2D eigenvalue weighted by molar-refractivity contribution is -0.157. The second-order valence-electron chi connectivity index (χ2n) is 11.1. The molecule has 0 aromatic heterocycles. The maximum Gasteiger partial charge on any atom is 0.324 e. The van der Waals surface area contributed by atoms with Crippen LogP contribution in [0.2, 0.25) is 10.0 Å². The Hall–Kier alpha value is -2.66. The van der Waals surface area contributed by atoms with Gasteiger partial charge in [0.25, 0.3) is 0 Å². The molecule has 2 aromatic carbocycles. The van der Waals surface area contributed by atoms with Crippen LogP contribution in [-0.4, -0.2) is 29.6 Å². The summed E-state index contributed by atoms with van der Waals surface area (Å²) >= 11 is 12.4. The van der Waals surface area contributed by atoms with E-state index < -0.39 is 52.1 Å². The van der Waals surface area contributed by atoms with Crippen molar-refractivity contribution in [3.05, 3.63) is 63.4 Å². The summed E-state index contributed by atoms with van der Waals surface area (Å²) in [6.07, 6.45) is 0.205. The van der Waals surface area contributed by atoms with Gasteiger partial charge in [0, 0.05) is 22.7 Å². The summed E-state index contributed by atoms with van der Waals surface area (Å²) in [5, 5.41) is 16.3. The third-order valence-corrected chi connectivity index (χ3v) is 7.33. The SMILES string of the molecule is CC(C)(C#N)C[C@@H]1N[C@@H](C(=O)OC(C)(C)C)[C@H](c2cccc(Cl)c2F)[C@]12C(=O)Nc1cc(Cl)ccc12. The normalized spacial score (nSPS) is 25.4. The van der Waals surface area contributed by atoms with E-state index in [0.29, 0.717) is 16.3 Å². The molecule has 36 heavy (non-hydrogen) atoms. The van der Waals surface area contributed by atoms with Crippen molar-refractivity contribution in [2.45, 2.75) is 70.1 Å². The van der Waals surface area contributed by atoms with E-state index in [4.69, 9.17) is 27.9 Å². The number of hydrogen-bond acceptors (Lipinski definition) is 5. The highest BCUT2D eigenvalue weighted by Crippen LogP contribution is 2.57. The van der Waals surface area contributed by atoms with Crippen molar-refractivity contribution in [3.63, 3.8) is 0 Å². The first-order valence-corrected chi connectivity index (χ1v) is 12.4. The Labute approximate surface area is 220 Å². The lowest BCUT2D eigenvalue weighted by atomic mass is 9.62. The highest BCUT2D eigenvalue weighted by atomic mass is 35.5. The zero-order chi connectivity index (χ0) is 26.6. The number of esters is 1. The fourth-order valence-electron chi connectivity index (χ4n) is 5.44. The van der Waals surface area contributed by atoms with Crippen molar-refractivity contribution < 1.29 is 18.7 Å². The van der Waals surface area contributed by atoms with E-state index >= 15 is 4.39 Å². The van der Waals surface area contributed by atoms with E-state index in [2.05, 4.69) is 16.7 Å². The van der Waals surface area contributed by atoms with Gasteiger partial charge in [0.05, 0.1) is 16.5 Å². The van der Waals surface area contributed by atoms with Gasteiger partial charge in [-0.05, 0) is 70.4 Å². The number of carbonyl (C=O) groups is 2. The van der Waals surface area contributed by atoms with Crippen LogP contribution < -0.4 is 10.6 Å². The van der Waals surface area contributed by atoms with Gasteiger partial charge >= 0.3 is 5.97 Å². The van der Waals surface area contributed by atoms with Gasteiger partial charge in [0.15, 0.2) is 0 Å². The number of fused-ring (bicyclic) bond motifs is 2. The largest absolute Gasteiger partial charge is 0.459 e. The molecule has 0 unspecified atom stereocenters. The molecule has 1 spiro atoms. The van der Waals surface area contributed by atoms with E-state index in [-0.39, 0.29) is 17.0 Å². The monoisotopic (exact) mass is 531 g/mol. The third kappa shape index (κ3) is 4.36. The minimum Gasteiger partial charge on any atom is -0.459 e. The second-order valence-corrected chi connectivity index (χ2v) is 11.9. The molecule has 4 atom stereocenters. The first kappa shape index (κ1) is 26.4. The summed E-state index contributed by atoms with van der Waals surface area (Å²) in [6.45, 7) is 8.73. The van der Waals surface area contributed by atoms with Crippen molar-refractivity contribution in [2.24, 2.45) is 5.41 Å². The average molecular weight is 532 g/mol. The highest BCUT2D eigenvalue weighted by molar-refractivity contribution is 6.31. The lowest BCUT2D eigenvalue weighted by Crippen LogP contribution is -2.50. The van der Waals surface area contributed by atoms with Crippen LogP contribution in [0.3, 0.4) is 0 Å². The minimum atomic E-state index is -1.44. The van der Waals surface area contributed by atoms with Crippen molar-refractivity contribution in [2.75, 3.05) is 5.32 Å². The van der Waals surface area contributed by atoms with Crippen molar-refractivity contribution >= 4 is 40.8 Å². The molecule has 9 heteroatoms. The van der Waals surface area contributed by atoms with Gasteiger partial charge in [-0.1, -0.05) is 41.4 Å². The smallest absolute Gasteiger partial charge is 0.324 e. The first-order chi connectivity index (χ1) is 16.7.